The van der Waals surface area contributed by atoms with E-state index in [1.54, 1.807) is 16.2 Å². The maximum absolute atomic E-state index is 13.5. The van der Waals surface area contributed by atoms with Crippen molar-refractivity contribution < 1.29 is 22.8 Å². The number of carbonyl (C=O) groups is 2. The van der Waals surface area contributed by atoms with E-state index in [0.717, 1.165) is 24.1 Å². The number of nitrogens with one attached hydrogen (secondary N) is 2. The Bertz CT molecular complexity index is 841. The van der Waals surface area contributed by atoms with Gasteiger partial charge >= 0.3 is 0 Å². The van der Waals surface area contributed by atoms with Gasteiger partial charge in [0, 0.05) is 30.8 Å². The smallest absolute Gasteiger partial charge is 0.238 e. The zero-order valence-electron chi connectivity index (χ0n) is 13.7. The van der Waals surface area contributed by atoms with E-state index in [4.69, 9.17) is 0 Å². The van der Waals surface area contributed by atoms with Gasteiger partial charge in [0.05, 0.1) is 5.69 Å². The summed E-state index contributed by atoms with van der Waals surface area (Å²) in [5, 5.41) is 2.00. The summed E-state index contributed by atoms with van der Waals surface area (Å²) in [5.74, 6) is -5.08. The number of hydrogen-bond acceptors (Lipinski definition) is 4. The number of hydrogen-bond donors (Lipinski definition) is 2. The molecule has 0 aliphatic carbocycles. The normalized spacial score (nSPS) is 13.3. The molecule has 1 aromatic carbocycles. The Kier molecular flexibility index (Phi) is 5.46. The molecular formula is C17H16F3N3O2S. The highest BCUT2D eigenvalue weighted by Gasteiger charge is 2.22. The van der Waals surface area contributed by atoms with Gasteiger partial charge in [-0.3, -0.25) is 20.4 Å². The summed E-state index contributed by atoms with van der Waals surface area (Å²) in [6, 6.07) is 3.70. The van der Waals surface area contributed by atoms with Crippen molar-refractivity contribution in [3.8, 4) is 0 Å². The molecule has 0 radical (unpaired) electrons. The van der Waals surface area contributed by atoms with E-state index in [9.17, 15) is 22.8 Å². The summed E-state index contributed by atoms with van der Waals surface area (Å²) in [6.07, 6.45) is 0.708. The number of hydrazine groups is 1. The first-order valence-electron chi connectivity index (χ1n) is 7.97. The van der Waals surface area contributed by atoms with Gasteiger partial charge in [-0.05, 0) is 35.6 Å². The van der Waals surface area contributed by atoms with Crippen LogP contribution in [0.5, 0.6) is 0 Å². The van der Waals surface area contributed by atoms with Crippen molar-refractivity contribution in [2.24, 2.45) is 0 Å². The standard InChI is InChI=1S/C17H16F3N3O2S/c18-11-1-2-12(17(20)16(11)19)21-22-14(24)3-4-15(25)23-7-5-13-10(9-23)6-8-26-13/h1-2,6,8,21H,3-5,7,9H2,(H,22,24). The minimum atomic E-state index is -1.63. The van der Waals surface area contributed by atoms with Crippen LogP contribution in [-0.2, 0) is 22.6 Å². The monoisotopic (exact) mass is 383 g/mol. The summed E-state index contributed by atoms with van der Waals surface area (Å²) in [5.41, 5.74) is 5.09. The van der Waals surface area contributed by atoms with Gasteiger partial charge in [-0.25, -0.2) is 13.2 Å². The van der Waals surface area contributed by atoms with Crippen LogP contribution in [0.2, 0.25) is 0 Å². The SMILES string of the molecule is O=C(CCC(=O)N1CCc2sccc2C1)NNc1ccc(F)c(F)c1F. The molecule has 2 aromatic rings. The molecule has 0 atom stereocenters. The average Bonchev–Trinajstić information content (AvgIpc) is 3.11. The number of amides is 2. The average molecular weight is 383 g/mol. The van der Waals surface area contributed by atoms with E-state index >= 15 is 0 Å². The summed E-state index contributed by atoms with van der Waals surface area (Å²) in [4.78, 5) is 27.0. The summed E-state index contributed by atoms with van der Waals surface area (Å²) in [6.45, 7) is 1.16. The molecule has 0 fully saturated rings. The molecular weight excluding hydrogens is 367 g/mol. The van der Waals surface area contributed by atoms with Crippen molar-refractivity contribution in [3.05, 3.63) is 51.5 Å². The Morgan fingerprint density at radius 1 is 1.12 bits per heavy atom. The van der Waals surface area contributed by atoms with Crippen molar-refractivity contribution in [1.82, 2.24) is 10.3 Å². The lowest BCUT2D eigenvalue weighted by Gasteiger charge is -2.27. The second-order valence-corrected chi connectivity index (χ2v) is 6.83. The highest BCUT2D eigenvalue weighted by atomic mass is 32.1. The van der Waals surface area contributed by atoms with Gasteiger partial charge < -0.3 is 4.90 Å². The fourth-order valence-electron chi connectivity index (χ4n) is 2.66. The molecule has 0 saturated carbocycles. The Morgan fingerprint density at radius 3 is 2.73 bits per heavy atom. The lowest BCUT2D eigenvalue weighted by molar-refractivity contribution is -0.134. The van der Waals surface area contributed by atoms with E-state index < -0.39 is 29.0 Å². The van der Waals surface area contributed by atoms with Crippen LogP contribution >= 0.6 is 11.3 Å². The molecule has 1 aromatic heterocycles. The van der Waals surface area contributed by atoms with E-state index in [-0.39, 0.29) is 18.7 Å². The first-order valence-corrected chi connectivity index (χ1v) is 8.85. The van der Waals surface area contributed by atoms with Gasteiger partial charge in [0.2, 0.25) is 11.8 Å². The number of thiophene rings is 1. The van der Waals surface area contributed by atoms with Crippen molar-refractivity contribution >= 4 is 28.8 Å². The summed E-state index contributed by atoms with van der Waals surface area (Å²) < 4.78 is 39.4. The van der Waals surface area contributed by atoms with E-state index in [1.807, 2.05) is 11.4 Å². The first kappa shape index (κ1) is 18.2. The molecule has 0 unspecified atom stereocenters. The lowest BCUT2D eigenvalue weighted by Crippen LogP contribution is -2.36. The van der Waals surface area contributed by atoms with Crippen molar-refractivity contribution in [3.63, 3.8) is 0 Å². The van der Waals surface area contributed by atoms with Crippen LogP contribution in [0.15, 0.2) is 23.6 Å². The Morgan fingerprint density at radius 2 is 1.92 bits per heavy atom. The third kappa shape index (κ3) is 3.98. The molecule has 2 heterocycles. The van der Waals surface area contributed by atoms with Crippen LogP contribution < -0.4 is 10.9 Å². The molecule has 2 N–H and O–H groups in total. The Hall–Kier alpha value is -2.55. The quantitative estimate of drug-likeness (QED) is 0.617. The number of carbonyl (C=O) groups excluding carboxylic acids is 2. The van der Waals surface area contributed by atoms with Crippen molar-refractivity contribution in [1.29, 1.82) is 0 Å². The summed E-state index contributed by atoms with van der Waals surface area (Å²) in [7, 11) is 0. The fraction of sp³-hybridized carbons (Fsp3) is 0.294. The van der Waals surface area contributed by atoms with E-state index in [2.05, 4.69) is 10.9 Å². The van der Waals surface area contributed by atoms with Crippen molar-refractivity contribution in [2.45, 2.75) is 25.8 Å². The van der Waals surface area contributed by atoms with Gasteiger partial charge in [0.25, 0.3) is 0 Å². The molecule has 0 saturated heterocycles. The fourth-order valence-corrected chi connectivity index (χ4v) is 3.55. The van der Waals surface area contributed by atoms with Gasteiger partial charge in [-0.15, -0.1) is 11.3 Å². The van der Waals surface area contributed by atoms with Crippen LogP contribution in [0.25, 0.3) is 0 Å². The molecule has 5 nitrogen and oxygen atoms in total. The summed E-state index contributed by atoms with van der Waals surface area (Å²) >= 11 is 1.67. The zero-order chi connectivity index (χ0) is 18.7. The molecule has 26 heavy (non-hydrogen) atoms. The zero-order valence-corrected chi connectivity index (χ0v) is 14.5. The predicted molar refractivity (Wildman–Crippen MR) is 90.8 cm³/mol. The number of nitrogens with zero attached hydrogens (tertiary/aromatic N) is 1. The van der Waals surface area contributed by atoms with Crippen LogP contribution in [-0.4, -0.2) is 23.3 Å². The molecule has 0 bridgehead atoms. The highest BCUT2D eigenvalue weighted by molar-refractivity contribution is 7.10. The lowest BCUT2D eigenvalue weighted by atomic mass is 10.1. The van der Waals surface area contributed by atoms with E-state index in [1.165, 1.54) is 4.88 Å². The second-order valence-electron chi connectivity index (χ2n) is 5.83. The predicted octanol–water partition coefficient (Wildman–Crippen LogP) is 2.97. The van der Waals surface area contributed by atoms with Gasteiger partial charge in [0.1, 0.15) is 0 Å². The van der Waals surface area contributed by atoms with Gasteiger partial charge in [-0.1, -0.05) is 0 Å². The van der Waals surface area contributed by atoms with Crippen LogP contribution in [0.1, 0.15) is 23.3 Å². The maximum Gasteiger partial charge on any atom is 0.238 e. The highest BCUT2D eigenvalue weighted by Crippen LogP contribution is 2.24. The van der Waals surface area contributed by atoms with Crippen molar-refractivity contribution in [2.75, 3.05) is 12.0 Å². The maximum atomic E-state index is 13.5. The van der Waals surface area contributed by atoms with Gasteiger partial charge in [-0.2, -0.15) is 0 Å². The number of benzene rings is 1. The third-order valence-corrected chi connectivity index (χ3v) is 5.12. The Balaban J connectivity index is 1.46. The Labute approximate surface area is 151 Å². The number of fused-ring (bicyclic) bond motifs is 1. The topological polar surface area (TPSA) is 61.4 Å². The molecule has 138 valence electrons. The molecule has 2 amide bonds. The molecule has 1 aliphatic heterocycles. The number of halogens is 3. The van der Waals surface area contributed by atoms with Gasteiger partial charge in [0.15, 0.2) is 17.5 Å². The molecule has 9 heteroatoms. The largest absolute Gasteiger partial charge is 0.338 e. The van der Waals surface area contributed by atoms with E-state index in [0.29, 0.717) is 13.1 Å². The number of rotatable bonds is 5. The minimum Gasteiger partial charge on any atom is -0.338 e. The minimum absolute atomic E-state index is 0.00719. The second kappa shape index (κ2) is 7.77. The first-order chi connectivity index (χ1) is 12.5. The third-order valence-electron chi connectivity index (χ3n) is 4.10. The van der Waals surface area contributed by atoms with Crippen LogP contribution in [0.3, 0.4) is 0 Å². The molecule has 1 aliphatic rings. The molecule has 0 spiro atoms. The molecule has 3 rings (SSSR count). The number of anilines is 1. The van der Waals surface area contributed by atoms with Crippen LogP contribution in [0.4, 0.5) is 18.9 Å². The van der Waals surface area contributed by atoms with Crippen LogP contribution in [0, 0.1) is 17.5 Å².